The Morgan fingerprint density at radius 2 is 1.95 bits per heavy atom. The molecule has 7 nitrogen and oxygen atoms in total. The normalized spacial score (nSPS) is 10.4. The minimum atomic E-state index is -0.983. The Balaban J connectivity index is 1.92. The van der Waals surface area contributed by atoms with E-state index in [0.29, 0.717) is 23.0 Å². The van der Waals surface area contributed by atoms with Gasteiger partial charge in [-0.1, -0.05) is 5.16 Å². The molecule has 2 aromatic heterocycles. The van der Waals surface area contributed by atoms with Crippen molar-refractivity contribution in [1.29, 1.82) is 0 Å². The summed E-state index contributed by atoms with van der Waals surface area (Å²) < 4.78 is 5.14. The van der Waals surface area contributed by atoms with Crippen molar-refractivity contribution in [2.75, 3.05) is 0 Å². The number of hydrogen-bond donors (Lipinski definition) is 1. The van der Waals surface area contributed by atoms with Crippen molar-refractivity contribution in [3.8, 4) is 23.0 Å². The van der Waals surface area contributed by atoms with Gasteiger partial charge in [-0.15, -0.1) is 0 Å². The first kappa shape index (κ1) is 12.0. The van der Waals surface area contributed by atoms with E-state index >= 15 is 0 Å². The molecule has 0 radical (unpaired) electrons. The standard InChI is InChI=1S/C13H8N4O3/c18-13(19)9-3-1-8(2-4-9)12-16-11(17-20-12)10-5-6-14-7-15-10/h1-7H,(H,18,19). The first-order valence-electron chi connectivity index (χ1n) is 5.68. The second kappa shape index (κ2) is 4.88. The van der Waals surface area contributed by atoms with Crippen molar-refractivity contribution >= 4 is 5.97 Å². The van der Waals surface area contributed by atoms with Crippen LogP contribution >= 0.6 is 0 Å². The van der Waals surface area contributed by atoms with Crippen LogP contribution in [0.4, 0.5) is 0 Å². The second-order valence-electron chi connectivity index (χ2n) is 3.90. The fourth-order valence-electron chi connectivity index (χ4n) is 1.62. The minimum absolute atomic E-state index is 0.198. The van der Waals surface area contributed by atoms with Crippen LogP contribution in [0.1, 0.15) is 10.4 Å². The third kappa shape index (κ3) is 2.24. The molecule has 0 aliphatic heterocycles. The van der Waals surface area contributed by atoms with E-state index in [9.17, 15) is 4.79 Å². The van der Waals surface area contributed by atoms with Crippen LogP contribution in [0, 0.1) is 0 Å². The number of benzene rings is 1. The first-order valence-corrected chi connectivity index (χ1v) is 5.68. The highest BCUT2D eigenvalue weighted by atomic mass is 16.5. The number of hydrogen-bond acceptors (Lipinski definition) is 6. The summed E-state index contributed by atoms with van der Waals surface area (Å²) in [5.74, 6) is -0.330. The molecule has 1 aromatic carbocycles. The Labute approximate surface area is 112 Å². The summed E-state index contributed by atoms with van der Waals surface area (Å²) in [5.41, 5.74) is 1.39. The van der Waals surface area contributed by atoms with Gasteiger partial charge in [0, 0.05) is 11.8 Å². The van der Waals surface area contributed by atoms with E-state index in [2.05, 4.69) is 20.1 Å². The SMILES string of the molecule is O=C(O)c1ccc(-c2nc(-c3ccncn3)no2)cc1. The van der Waals surface area contributed by atoms with Gasteiger partial charge in [0.05, 0.1) is 5.56 Å². The predicted octanol–water partition coefficient (Wildman–Crippen LogP) is 1.89. The number of rotatable bonds is 3. The van der Waals surface area contributed by atoms with E-state index in [0.717, 1.165) is 0 Å². The summed E-state index contributed by atoms with van der Waals surface area (Å²) in [4.78, 5) is 22.8. The molecular formula is C13H8N4O3. The van der Waals surface area contributed by atoms with Crippen LogP contribution in [0.3, 0.4) is 0 Å². The van der Waals surface area contributed by atoms with Gasteiger partial charge < -0.3 is 9.63 Å². The molecular weight excluding hydrogens is 260 g/mol. The van der Waals surface area contributed by atoms with Gasteiger partial charge in [0.2, 0.25) is 5.82 Å². The highest BCUT2D eigenvalue weighted by Gasteiger charge is 2.12. The summed E-state index contributed by atoms with van der Waals surface area (Å²) in [6.07, 6.45) is 2.98. The van der Waals surface area contributed by atoms with Crippen molar-refractivity contribution < 1.29 is 14.4 Å². The molecule has 0 amide bonds. The molecule has 2 heterocycles. The Bertz CT molecular complexity index is 738. The highest BCUT2D eigenvalue weighted by Crippen LogP contribution is 2.21. The zero-order valence-corrected chi connectivity index (χ0v) is 10.1. The van der Waals surface area contributed by atoms with E-state index in [-0.39, 0.29) is 5.56 Å². The zero-order valence-electron chi connectivity index (χ0n) is 10.1. The van der Waals surface area contributed by atoms with Gasteiger partial charge in [0.15, 0.2) is 0 Å². The Hall–Kier alpha value is -3.09. The lowest BCUT2D eigenvalue weighted by atomic mass is 10.1. The smallest absolute Gasteiger partial charge is 0.335 e. The second-order valence-corrected chi connectivity index (χ2v) is 3.90. The monoisotopic (exact) mass is 268 g/mol. The summed E-state index contributed by atoms with van der Waals surface area (Å²) in [6, 6.07) is 7.85. The van der Waals surface area contributed by atoms with Crippen LogP contribution in [0.25, 0.3) is 23.0 Å². The van der Waals surface area contributed by atoms with Crippen LogP contribution in [0.15, 0.2) is 47.4 Å². The van der Waals surface area contributed by atoms with Crippen molar-refractivity contribution in [2.24, 2.45) is 0 Å². The molecule has 20 heavy (non-hydrogen) atoms. The highest BCUT2D eigenvalue weighted by molar-refractivity contribution is 5.88. The third-order valence-corrected chi connectivity index (χ3v) is 2.62. The van der Waals surface area contributed by atoms with Crippen molar-refractivity contribution in [3.05, 3.63) is 48.4 Å². The maximum atomic E-state index is 10.8. The van der Waals surface area contributed by atoms with E-state index in [4.69, 9.17) is 9.63 Å². The molecule has 0 saturated heterocycles. The van der Waals surface area contributed by atoms with E-state index in [1.807, 2.05) is 0 Å². The summed E-state index contributed by atoms with van der Waals surface area (Å²) in [5, 5.41) is 12.7. The lowest BCUT2D eigenvalue weighted by molar-refractivity contribution is 0.0697. The summed E-state index contributed by atoms with van der Waals surface area (Å²) >= 11 is 0. The maximum absolute atomic E-state index is 10.8. The van der Waals surface area contributed by atoms with E-state index < -0.39 is 5.97 Å². The van der Waals surface area contributed by atoms with E-state index in [1.54, 1.807) is 24.4 Å². The predicted molar refractivity (Wildman–Crippen MR) is 67.7 cm³/mol. The minimum Gasteiger partial charge on any atom is -0.478 e. The summed E-state index contributed by atoms with van der Waals surface area (Å²) in [7, 11) is 0. The summed E-state index contributed by atoms with van der Waals surface area (Å²) in [6.45, 7) is 0. The van der Waals surface area contributed by atoms with Crippen molar-refractivity contribution in [1.82, 2.24) is 20.1 Å². The lowest BCUT2D eigenvalue weighted by Crippen LogP contribution is -1.94. The molecule has 3 aromatic rings. The Kier molecular flexibility index (Phi) is 2.92. The number of aromatic carboxylic acids is 1. The fraction of sp³-hybridized carbons (Fsp3) is 0. The van der Waals surface area contributed by atoms with Gasteiger partial charge in [-0.25, -0.2) is 14.8 Å². The molecule has 0 bridgehead atoms. The molecule has 0 aliphatic rings. The number of aromatic nitrogens is 4. The molecule has 0 aliphatic carbocycles. The van der Waals surface area contributed by atoms with Gasteiger partial charge in [-0.3, -0.25) is 0 Å². The van der Waals surface area contributed by atoms with E-state index in [1.165, 1.54) is 18.5 Å². The molecule has 0 fully saturated rings. The average Bonchev–Trinajstić information content (AvgIpc) is 2.98. The number of carboxylic acid groups (broad SMARTS) is 1. The molecule has 0 atom stereocenters. The molecule has 3 rings (SSSR count). The molecule has 0 unspecified atom stereocenters. The number of carboxylic acids is 1. The molecule has 1 N–H and O–H groups in total. The van der Waals surface area contributed by atoms with Crippen LogP contribution < -0.4 is 0 Å². The van der Waals surface area contributed by atoms with Crippen LogP contribution in [0.5, 0.6) is 0 Å². The van der Waals surface area contributed by atoms with Crippen LogP contribution in [-0.4, -0.2) is 31.2 Å². The molecule has 0 spiro atoms. The van der Waals surface area contributed by atoms with Gasteiger partial charge in [-0.2, -0.15) is 4.98 Å². The maximum Gasteiger partial charge on any atom is 0.335 e. The van der Waals surface area contributed by atoms with Gasteiger partial charge in [0.1, 0.15) is 12.0 Å². The Morgan fingerprint density at radius 3 is 2.60 bits per heavy atom. The zero-order chi connectivity index (χ0) is 13.9. The lowest BCUT2D eigenvalue weighted by Gasteiger charge is -1.95. The van der Waals surface area contributed by atoms with Gasteiger partial charge in [-0.05, 0) is 30.3 Å². The van der Waals surface area contributed by atoms with Crippen molar-refractivity contribution in [3.63, 3.8) is 0 Å². The molecule has 7 heteroatoms. The fourth-order valence-corrected chi connectivity index (χ4v) is 1.62. The number of carbonyl (C=O) groups is 1. The molecule has 0 saturated carbocycles. The van der Waals surface area contributed by atoms with Crippen molar-refractivity contribution in [2.45, 2.75) is 0 Å². The quantitative estimate of drug-likeness (QED) is 0.773. The topological polar surface area (TPSA) is 102 Å². The largest absolute Gasteiger partial charge is 0.478 e. The number of nitrogens with zero attached hydrogens (tertiary/aromatic N) is 4. The van der Waals surface area contributed by atoms with Gasteiger partial charge in [0.25, 0.3) is 5.89 Å². The van der Waals surface area contributed by atoms with Crippen LogP contribution in [-0.2, 0) is 0 Å². The van der Waals surface area contributed by atoms with Gasteiger partial charge >= 0.3 is 5.97 Å². The first-order chi connectivity index (χ1) is 9.74. The van der Waals surface area contributed by atoms with Crippen LogP contribution in [0.2, 0.25) is 0 Å². The molecule has 98 valence electrons. The Morgan fingerprint density at radius 1 is 1.15 bits per heavy atom. The third-order valence-electron chi connectivity index (χ3n) is 2.62. The average molecular weight is 268 g/mol.